The van der Waals surface area contributed by atoms with Crippen molar-refractivity contribution < 1.29 is 28.5 Å². The molecule has 0 saturated heterocycles. The SMILES string of the molecule is CC(C)COc1ccccc1C1=CC(=CC2=C([O-])C(=Cc3cc(-c4ccc(Br)c(Br)c4)[o+]c(-c4ccccc4OCC(C)C)c3)C2=O)C=C(c2ccc(Br)c(Br)c2)O1. The van der Waals surface area contributed by atoms with Crippen LogP contribution in [0.3, 0.4) is 0 Å². The Balaban J connectivity index is 1.30. The molecule has 0 fully saturated rings. The highest BCUT2D eigenvalue weighted by molar-refractivity contribution is 9.13. The second-order valence-corrected chi connectivity index (χ2v) is 18.1. The van der Waals surface area contributed by atoms with Crippen LogP contribution in [-0.4, -0.2) is 19.0 Å². The summed E-state index contributed by atoms with van der Waals surface area (Å²) in [5.41, 5.74) is 4.55. The van der Waals surface area contributed by atoms with Gasteiger partial charge in [-0.2, -0.15) is 0 Å². The first-order chi connectivity index (χ1) is 27.8. The molecule has 7 rings (SSSR count). The summed E-state index contributed by atoms with van der Waals surface area (Å²) in [6.45, 7) is 9.43. The Morgan fingerprint density at radius 1 is 0.655 bits per heavy atom. The molecule has 294 valence electrons. The van der Waals surface area contributed by atoms with E-state index in [1.54, 1.807) is 12.2 Å². The zero-order valence-corrected chi connectivity index (χ0v) is 38.4. The number of ketones is 1. The number of benzene rings is 4. The van der Waals surface area contributed by atoms with E-state index >= 15 is 0 Å². The Labute approximate surface area is 372 Å². The quantitative estimate of drug-likeness (QED) is 0.0915. The molecule has 0 saturated carbocycles. The van der Waals surface area contributed by atoms with E-state index < -0.39 is 0 Å². The van der Waals surface area contributed by atoms with Gasteiger partial charge in [-0.05, 0) is 166 Å². The maximum atomic E-state index is 13.9. The second kappa shape index (κ2) is 18.2. The number of para-hydroxylation sites is 2. The Morgan fingerprint density at radius 3 is 1.83 bits per heavy atom. The van der Waals surface area contributed by atoms with Gasteiger partial charge in [0.15, 0.2) is 5.78 Å². The van der Waals surface area contributed by atoms with Crippen LogP contribution in [-0.2, 0) is 9.53 Å². The summed E-state index contributed by atoms with van der Waals surface area (Å²) in [6, 6.07) is 30.6. The number of hydrogen-bond acceptors (Lipinski definition) is 5. The van der Waals surface area contributed by atoms with Crippen LogP contribution < -0.4 is 14.6 Å². The van der Waals surface area contributed by atoms with E-state index in [9.17, 15) is 9.90 Å². The first-order valence-corrected chi connectivity index (χ1v) is 21.9. The first-order valence-electron chi connectivity index (χ1n) is 18.7. The summed E-state index contributed by atoms with van der Waals surface area (Å²) in [5.74, 6) is 3.45. The smallest absolute Gasteiger partial charge is 0.365 e. The van der Waals surface area contributed by atoms with Crippen molar-refractivity contribution in [2.45, 2.75) is 27.7 Å². The lowest BCUT2D eigenvalue weighted by Gasteiger charge is -2.29. The molecule has 0 spiro atoms. The lowest BCUT2D eigenvalue weighted by atomic mass is 9.85. The number of carbonyl (C=O) groups excluding carboxylic acids is 1. The maximum Gasteiger partial charge on any atom is 0.365 e. The molecule has 58 heavy (non-hydrogen) atoms. The summed E-state index contributed by atoms with van der Waals surface area (Å²) in [6.07, 6.45) is 6.93. The summed E-state index contributed by atoms with van der Waals surface area (Å²) in [4.78, 5) is 13.9. The molecule has 1 aromatic heterocycles. The Morgan fingerprint density at radius 2 is 1.21 bits per heavy atom. The molecule has 10 heteroatoms. The van der Waals surface area contributed by atoms with Crippen molar-refractivity contribution in [3.8, 4) is 34.1 Å². The van der Waals surface area contributed by atoms with Gasteiger partial charge < -0.3 is 19.3 Å². The molecule has 0 atom stereocenters. The van der Waals surface area contributed by atoms with Crippen molar-refractivity contribution in [1.82, 2.24) is 0 Å². The van der Waals surface area contributed by atoms with Gasteiger partial charge in [-0.15, -0.1) is 0 Å². The van der Waals surface area contributed by atoms with Crippen LogP contribution in [0.2, 0.25) is 0 Å². The fourth-order valence-electron chi connectivity index (χ4n) is 6.19. The van der Waals surface area contributed by atoms with Crippen molar-refractivity contribution in [2.75, 3.05) is 13.2 Å². The highest BCUT2D eigenvalue weighted by Gasteiger charge is 2.29. The largest absolute Gasteiger partial charge is 0.871 e. The van der Waals surface area contributed by atoms with Crippen molar-refractivity contribution in [3.63, 3.8) is 0 Å². The third kappa shape index (κ3) is 9.52. The van der Waals surface area contributed by atoms with Crippen LogP contribution in [0, 0.1) is 11.8 Å². The third-order valence-electron chi connectivity index (χ3n) is 9.09. The van der Waals surface area contributed by atoms with Gasteiger partial charge in [-0.25, -0.2) is 4.42 Å². The van der Waals surface area contributed by atoms with Gasteiger partial charge in [-0.3, -0.25) is 4.79 Å². The number of hydrogen-bond donors (Lipinski definition) is 0. The standard InChI is InChI=1S/C48H38Br4O6/c1-27(2)25-55-41-11-7-5-9-33(41)45-21-29(19-43(57-45)31-13-15-37(49)39(51)23-31)17-35-47(53)36(48(35)54)18-30-20-44(32-14-16-38(50)40(52)24-32)58-46(22-30)34-10-6-8-12-42(34)56-26-28(3)4/h5-24,27-28H,25-26H2,1-4H3. The van der Waals surface area contributed by atoms with Crippen molar-refractivity contribution in [2.24, 2.45) is 11.8 Å². The van der Waals surface area contributed by atoms with Crippen molar-refractivity contribution in [1.29, 1.82) is 0 Å². The Bertz CT molecular complexity index is 2580. The normalized spacial score (nSPS) is 15.4. The Hall–Kier alpha value is -4.48. The molecule has 0 bridgehead atoms. The van der Waals surface area contributed by atoms with E-state index in [4.69, 9.17) is 18.6 Å². The zero-order valence-electron chi connectivity index (χ0n) is 32.1. The highest BCUT2D eigenvalue weighted by Crippen LogP contribution is 2.41. The average molecular weight is 1030 g/mol. The van der Waals surface area contributed by atoms with Crippen LogP contribution in [0.1, 0.15) is 44.4 Å². The Kier molecular flexibility index (Phi) is 13.1. The molecule has 0 radical (unpaired) electrons. The van der Waals surface area contributed by atoms with Crippen LogP contribution in [0.4, 0.5) is 0 Å². The lowest BCUT2D eigenvalue weighted by Crippen LogP contribution is -2.29. The van der Waals surface area contributed by atoms with Crippen molar-refractivity contribution >= 4 is 87.1 Å². The molecular weight excluding hydrogens is 992 g/mol. The average Bonchev–Trinajstić information content (AvgIpc) is 3.22. The summed E-state index contributed by atoms with van der Waals surface area (Å²) >= 11 is 14.3. The molecular formula is C48H38Br4O6. The van der Waals surface area contributed by atoms with Gasteiger partial charge in [-0.1, -0.05) is 63.8 Å². The summed E-state index contributed by atoms with van der Waals surface area (Å²) < 4.78 is 28.9. The van der Waals surface area contributed by atoms with Gasteiger partial charge >= 0.3 is 11.5 Å². The fraction of sp³-hybridized carbons (Fsp3) is 0.167. The van der Waals surface area contributed by atoms with Crippen LogP contribution in [0.5, 0.6) is 11.5 Å². The molecule has 2 heterocycles. The molecule has 4 aromatic carbocycles. The van der Waals surface area contributed by atoms with Gasteiger partial charge in [0.25, 0.3) is 0 Å². The molecule has 5 aromatic rings. The van der Waals surface area contributed by atoms with Gasteiger partial charge in [0.05, 0.1) is 36.5 Å². The molecule has 1 aliphatic carbocycles. The molecule has 0 unspecified atom stereocenters. The van der Waals surface area contributed by atoms with E-state index in [0.29, 0.717) is 70.7 Å². The van der Waals surface area contributed by atoms with Crippen LogP contribution in [0.25, 0.3) is 40.2 Å². The van der Waals surface area contributed by atoms with Crippen LogP contribution in [0.15, 0.2) is 160 Å². The predicted molar refractivity (Wildman–Crippen MR) is 243 cm³/mol. The minimum absolute atomic E-state index is 0.0843. The topological polar surface area (TPSA) is 79.1 Å². The number of Topliss-reactive ketones (excluding diaryl/α,β-unsaturated/α-hetero) is 1. The lowest BCUT2D eigenvalue weighted by molar-refractivity contribution is -0.300. The first kappa shape index (κ1) is 41.7. The number of allylic oxidation sites excluding steroid dienone is 6. The number of rotatable bonds is 12. The highest BCUT2D eigenvalue weighted by atomic mass is 79.9. The van der Waals surface area contributed by atoms with Gasteiger partial charge in [0, 0.05) is 34.6 Å². The second-order valence-electron chi connectivity index (χ2n) is 14.7. The summed E-state index contributed by atoms with van der Waals surface area (Å²) in [7, 11) is 0. The van der Waals surface area contributed by atoms with Gasteiger partial charge in [0.2, 0.25) is 0 Å². The number of carbonyl (C=O) groups is 1. The van der Waals surface area contributed by atoms with E-state index in [0.717, 1.165) is 40.1 Å². The van der Waals surface area contributed by atoms with E-state index in [1.807, 2.05) is 109 Å². The third-order valence-corrected chi connectivity index (χ3v) is 12.8. The number of ether oxygens (including phenoxy) is 3. The van der Waals surface area contributed by atoms with E-state index in [-0.39, 0.29) is 22.7 Å². The van der Waals surface area contributed by atoms with E-state index in [1.165, 1.54) is 0 Å². The molecule has 0 amide bonds. The maximum absolute atomic E-state index is 13.9. The monoisotopic (exact) mass is 1030 g/mol. The summed E-state index contributed by atoms with van der Waals surface area (Å²) in [5, 5.41) is 13.9. The van der Waals surface area contributed by atoms with Crippen LogP contribution >= 0.6 is 63.7 Å². The minimum Gasteiger partial charge on any atom is -0.871 e. The molecule has 2 aliphatic rings. The number of halogens is 4. The fourth-order valence-corrected chi connectivity index (χ4v) is 7.44. The molecule has 6 nitrogen and oxygen atoms in total. The van der Waals surface area contributed by atoms with E-state index in [2.05, 4.69) is 91.4 Å². The van der Waals surface area contributed by atoms with Gasteiger partial charge in [0.1, 0.15) is 28.6 Å². The predicted octanol–water partition coefficient (Wildman–Crippen LogP) is 13.6. The molecule has 0 N–H and O–H groups in total. The minimum atomic E-state index is -0.350. The van der Waals surface area contributed by atoms with Crippen molar-refractivity contribution in [3.05, 3.63) is 172 Å². The zero-order chi connectivity index (χ0) is 41.1. The molecule has 1 aliphatic heterocycles.